The molecular weight excluding hydrogens is 538 g/mol. The highest BCUT2D eigenvalue weighted by Crippen LogP contribution is 2.45. The van der Waals surface area contributed by atoms with Crippen LogP contribution in [0, 0.1) is 12.8 Å². The number of hydrogen-bond donors (Lipinski definition) is 2. The van der Waals surface area contributed by atoms with Gasteiger partial charge in [0.05, 0.1) is 22.5 Å². The van der Waals surface area contributed by atoms with E-state index in [-0.39, 0.29) is 53.6 Å². The van der Waals surface area contributed by atoms with Crippen LogP contribution in [0.1, 0.15) is 66.6 Å². The zero-order chi connectivity index (χ0) is 29.1. The van der Waals surface area contributed by atoms with Gasteiger partial charge in [-0.2, -0.15) is 23.1 Å². The second kappa shape index (κ2) is 10.5. The molecular formula is C29H39F4N7O. The van der Waals surface area contributed by atoms with Gasteiger partial charge in [-0.3, -0.25) is 4.90 Å². The molecule has 0 spiro atoms. The van der Waals surface area contributed by atoms with Gasteiger partial charge in [-0.05, 0) is 69.7 Å². The Balaban J connectivity index is 1.37. The average molecular weight is 578 g/mol. The van der Waals surface area contributed by atoms with E-state index >= 15 is 0 Å². The minimum absolute atomic E-state index is 0.0236. The van der Waals surface area contributed by atoms with Crippen LogP contribution in [0.15, 0.2) is 6.07 Å². The summed E-state index contributed by atoms with van der Waals surface area (Å²) in [6, 6.07) is 1.71. The van der Waals surface area contributed by atoms with Crippen LogP contribution in [-0.4, -0.2) is 77.4 Å². The van der Waals surface area contributed by atoms with E-state index in [1.54, 1.807) is 0 Å². The van der Waals surface area contributed by atoms with Crippen LogP contribution in [0.5, 0.6) is 6.01 Å². The first-order valence-electron chi connectivity index (χ1n) is 14.6. The van der Waals surface area contributed by atoms with Crippen LogP contribution in [0.25, 0.3) is 0 Å². The van der Waals surface area contributed by atoms with E-state index in [1.165, 1.54) is 13.0 Å². The topological polar surface area (TPSA) is 92.4 Å². The van der Waals surface area contributed by atoms with E-state index in [2.05, 4.69) is 20.1 Å². The van der Waals surface area contributed by atoms with Crippen molar-refractivity contribution >= 4 is 11.6 Å². The van der Waals surface area contributed by atoms with Gasteiger partial charge in [0.2, 0.25) is 0 Å². The molecule has 0 saturated carbocycles. The van der Waals surface area contributed by atoms with Gasteiger partial charge in [-0.1, -0.05) is 6.92 Å². The molecule has 0 amide bonds. The fourth-order valence-electron chi connectivity index (χ4n) is 7.62. The van der Waals surface area contributed by atoms with Crippen molar-refractivity contribution in [2.24, 2.45) is 5.92 Å². The van der Waals surface area contributed by atoms with Gasteiger partial charge in [-0.15, -0.1) is 0 Å². The number of nitrogens with two attached hydrogens (primary N) is 1. The minimum Gasteiger partial charge on any atom is -0.461 e. The van der Waals surface area contributed by atoms with Gasteiger partial charge < -0.3 is 20.7 Å². The van der Waals surface area contributed by atoms with Crippen molar-refractivity contribution in [3.63, 3.8) is 0 Å². The van der Waals surface area contributed by atoms with Crippen molar-refractivity contribution in [2.75, 3.05) is 50.5 Å². The maximum absolute atomic E-state index is 14.4. The summed E-state index contributed by atoms with van der Waals surface area (Å²) in [4.78, 5) is 18.2. The Bertz CT molecular complexity index is 1300. The lowest BCUT2D eigenvalue weighted by Gasteiger charge is -2.36. The fraction of sp³-hybridized carbons (Fsp3) is 0.690. The number of alkyl halides is 4. The van der Waals surface area contributed by atoms with Gasteiger partial charge in [0.25, 0.3) is 0 Å². The first-order valence-corrected chi connectivity index (χ1v) is 14.6. The number of aromatic nitrogens is 3. The van der Waals surface area contributed by atoms with Crippen molar-refractivity contribution in [3.8, 4) is 6.01 Å². The highest BCUT2D eigenvalue weighted by Gasteiger charge is 2.49. The molecule has 3 saturated heterocycles. The fourth-order valence-corrected chi connectivity index (χ4v) is 7.62. The molecule has 4 aliphatic rings. The van der Waals surface area contributed by atoms with Crippen LogP contribution >= 0.6 is 0 Å². The van der Waals surface area contributed by atoms with E-state index in [1.807, 2.05) is 14.0 Å². The number of fused-ring (bicyclic) bond motifs is 2. The molecule has 1 aliphatic carbocycles. The maximum atomic E-state index is 14.4. The molecule has 5 atom stereocenters. The molecule has 0 unspecified atom stereocenters. The van der Waals surface area contributed by atoms with Gasteiger partial charge >= 0.3 is 12.2 Å². The number of aryl methyl sites for hydroxylation is 1. The summed E-state index contributed by atoms with van der Waals surface area (Å²) in [6.45, 7) is 6.68. The highest BCUT2D eigenvalue weighted by atomic mass is 19.4. The van der Waals surface area contributed by atoms with Crippen molar-refractivity contribution in [3.05, 3.63) is 34.1 Å². The number of likely N-dealkylation sites (N-methyl/N-ethyl adjacent to an activating group) is 1. The standard InChI is InChI=1S/C29H39F4N7O/c1-16-9-21-22(11-20(16)25-24(29(31,32)33)17(2)10-23(34)37-25)36-27(38-26(21)39(3)19-5-7-35-13-19)41-15-28-6-4-8-40(28)14-18(30)12-28/h10,16,18-20,35H,4-9,11-15H2,1-3H3,(H2,34,37)/t16-,18+,19+,20-,28-/m0/s1. The number of anilines is 2. The number of halogens is 4. The van der Waals surface area contributed by atoms with Crippen molar-refractivity contribution in [1.82, 2.24) is 25.2 Å². The van der Waals surface area contributed by atoms with Crippen LogP contribution in [0.2, 0.25) is 0 Å². The molecule has 2 aromatic heterocycles. The van der Waals surface area contributed by atoms with Crippen LogP contribution in [0.4, 0.5) is 29.2 Å². The molecule has 3 fully saturated rings. The zero-order valence-corrected chi connectivity index (χ0v) is 23.9. The first kappa shape index (κ1) is 28.4. The molecule has 8 nitrogen and oxygen atoms in total. The molecule has 2 aromatic rings. The van der Waals surface area contributed by atoms with Gasteiger partial charge in [0.1, 0.15) is 24.4 Å². The number of ether oxygens (including phenoxy) is 1. The number of pyridine rings is 1. The van der Waals surface area contributed by atoms with Gasteiger partial charge in [0, 0.05) is 44.1 Å². The number of hydrogen-bond acceptors (Lipinski definition) is 8. The number of nitrogens with one attached hydrogen (secondary N) is 1. The summed E-state index contributed by atoms with van der Waals surface area (Å²) >= 11 is 0. The van der Waals surface area contributed by atoms with E-state index < -0.39 is 23.8 Å². The molecule has 12 heteroatoms. The third-order valence-electron chi connectivity index (χ3n) is 9.72. The monoisotopic (exact) mass is 577 g/mol. The molecule has 0 aromatic carbocycles. The Morgan fingerprint density at radius 3 is 2.78 bits per heavy atom. The molecule has 41 heavy (non-hydrogen) atoms. The smallest absolute Gasteiger partial charge is 0.418 e. The molecule has 5 heterocycles. The zero-order valence-electron chi connectivity index (χ0n) is 23.9. The minimum atomic E-state index is -4.55. The molecule has 0 radical (unpaired) electrons. The van der Waals surface area contributed by atoms with Crippen molar-refractivity contribution < 1.29 is 22.3 Å². The summed E-state index contributed by atoms with van der Waals surface area (Å²) in [5.41, 5.74) is 6.55. The third kappa shape index (κ3) is 5.22. The third-order valence-corrected chi connectivity index (χ3v) is 9.72. The summed E-state index contributed by atoms with van der Waals surface area (Å²) in [6.07, 6.45) is -1.41. The second-order valence-corrected chi connectivity index (χ2v) is 12.5. The molecule has 0 bridgehead atoms. The van der Waals surface area contributed by atoms with E-state index in [0.29, 0.717) is 25.1 Å². The van der Waals surface area contributed by atoms with Crippen LogP contribution in [-0.2, 0) is 19.0 Å². The van der Waals surface area contributed by atoms with Crippen molar-refractivity contribution in [1.29, 1.82) is 0 Å². The SMILES string of the molecule is Cc1cc(N)nc([C@H]2Cc3nc(OC[C@@]45CCCN4C[C@H](F)C5)nc(N(C)[C@@H]4CCNC4)c3C[C@@H]2C)c1C(F)(F)F. The van der Waals surface area contributed by atoms with Crippen LogP contribution in [0.3, 0.4) is 0 Å². The van der Waals surface area contributed by atoms with Crippen LogP contribution < -0.4 is 20.7 Å². The predicted molar refractivity (Wildman–Crippen MR) is 148 cm³/mol. The second-order valence-electron chi connectivity index (χ2n) is 12.5. The number of nitrogens with zero attached hydrogens (tertiary/aromatic N) is 5. The number of rotatable bonds is 6. The highest BCUT2D eigenvalue weighted by molar-refractivity contribution is 5.53. The Labute approximate surface area is 238 Å². The maximum Gasteiger partial charge on any atom is 0.418 e. The quantitative estimate of drug-likeness (QED) is 0.497. The summed E-state index contributed by atoms with van der Waals surface area (Å²) in [5, 5.41) is 3.39. The lowest BCUT2D eigenvalue weighted by Crippen LogP contribution is -2.43. The van der Waals surface area contributed by atoms with Gasteiger partial charge in [0.15, 0.2) is 0 Å². The summed E-state index contributed by atoms with van der Waals surface area (Å²) in [5.74, 6) is 0.161. The average Bonchev–Trinajstić information content (AvgIpc) is 3.62. The first-order chi connectivity index (χ1) is 19.4. The largest absolute Gasteiger partial charge is 0.461 e. The normalized spacial score (nSPS) is 29.9. The van der Waals surface area contributed by atoms with E-state index in [9.17, 15) is 17.6 Å². The predicted octanol–water partition coefficient (Wildman–Crippen LogP) is 4.05. The Morgan fingerprint density at radius 1 is 1.24 bits per heavy atom. The van der Waals surface area contributed by atoms with E-state index in [4.69, 9.17) is 20.4 Å². The van der Waals surface area contributed by atoms with Crippen molar-refractivity contribution in [2.45, 2.75) is 82.2 Å². The lowest BCUT2D eigenvalue weighted by atomic mass is 9.75. The van der Waals surface area contributed by atoms with E-state index in [0.717, 1.165) is 50.3 Å². The molecule has 3 N–H and O–H groups in total. The molecule has 3 aliphatic heterocycles. The Hall–Kier alpha value is -2.73. The molecule has 6 rings (SSSR count). The van der Waals surface area contributed by atoms with Gasteiger partial charge in [-0.25, -0.2) is 9.37 Å². The summed E-state index contributed by atoms with van der Waals surface area (Å²) < 4.78 is 63.3. The Morgan fingerprint density at radius 2 is 2.05 bits per heavy atom. The summed E-state index contributed by atoms with van der Waals surface area (Å²) in [7, 11) is 2.01. The lowest BCUT2D eigenvalue weighted by molar-refractivity contribution is -0.139. The number of nitrogen functional groups attached to an aromatic ring is 1. The molecule has 224 valence electrons. The Kier molecular flexibility index (Phi) is 7.28.